The number of hydrogen-bond donors (Lipinski definition) is 1. The highest BCUT2D eigenvalue weighted by Gasteiger charge is 2.29. The number of halogens is 1. The molecule has 4 rings (SSSR count). The van der Waals surface area contributed by atoms with Crippen LogP contribution in [0.3, 0.4) is 0 Å². The maximum Gasteiger partial charge on any atom is 0.339 e. The summed E-state index contributed by atoms with van der Waals surface area (Å²) in [6.45, 7) is 1.39. The lowest BCUT2D eigenvalue weighted by molar-refractivity contribution is -0.384. The minimum absolute atomic E-state index is 0.0669. The van der Waals surface area contributed by atoms with Crippen LogP contribution in [0.2, 0.25) is 0 Å². The standard InChI is InChI=1S/C26H23BrN4O7/c27-20-16-19(30(34)35)10-11-21(20)28-25(32)24(17-7-3-1-4-8-17)38-26(33)18-9-12-22(23(15-18)31(36)37)29-13-5-2-6-14-29/h1,3-4,7-12,15-16,24H,2,5-6,13-14H2,(H,28,32). The van der Waals surface area contributed by atoms with Crippen molar-refractivity contribution in [1.29, 1.82) is 0 Å². The van der Waals surface area contributed by atoms with E-state index in [-0.39, 0.29) is 27.1 Å². The van der Waals surface area contributed by atoms with Gasteiger partial charge in [-0.2, -0.15) is 0 Å². The van der Waals surface area contributed by atoms with Gasteiger partial charge < -0.3 is 15.0 Å². The van der Waals surface area contributed by atoms with E-state index in [0.29, 0.717) is 24.3 Å². The lowest BCUT2D eigenvalue weighted by Gasteiger charge is -2.28. The topological polar surface area (TPSA) is 145 Å². The Kier molecular flexibility index (Phi) is 8.31. The van der Waals surface area contributed by atoms with Crippen LogP contribution in [-0.4, -0.2) is 34.8 Å². The van der Waals surface area contributed by atoms with Gasteiger partial charge in [0.05, 0.1) is 21.1 Å². The molecule has 1 aliphatic heterocycles. The fraction of sp³-hybridized carbons (Fsp3) is 0.231. The summed E-state index contributed by atoms with van der Waals surface area (Å²) < 4.78 is 5.83. The van der Waals surface area contributed by atoms with Gasteiger partial charge in [-0.25, -0.2) is 4.79 Å². The first-order valence-corrected chi connectivity index (χ1v) is 12.6. The lowest BCUT2D eigenvalue weighted by atomic mass is 10.1. The van der Waals surface area contributed by atoms with Crippen molar-refractivity contribution < 1.29 is 24.2 Å². The molecular formula is C26H23BrN4O7. The van der Waals surface area contributed by atoms with Crippen LogP contribution in [0.1, 0.15) is 41.3 Å². The smallest absolute Gasteiger partial charge is 0.339 e. The molecule has 1 atom stereocenters. The second-order valence-electron chi connectivity index (χ2n) is 8.61. The number of rotatable bonds is 8. The number of piperidine rings is 1. The summed E-state index contributed by atoms with van der Waals surface area (Å²) in [5.74, 6) is -1.62. The fourth-order valence-corrected chi connectivity index (χ4v) is 4.66. The predicted octanol–water partition coefficient (Wildman–Crippen LogP) is 5.79. The van der Waals surface area contributed by atoms with Gasteiger partial charge in [-0.3, -0.25) is 25.0 Å². The Labute approximate surface area is 225 Å². The van der Waals surface area contributed by atoms with Crippen molar-refractivity contribution in [3.63, 3.8) is 0 Å². The molecule has 0 radical (unpaired) electrons. The number of ether oxygens (including phenoxy) is 1. The van der Waals surface area contributed by atoms with Crippen LogP contribution in [-0.2, 0) is 9.53 Å². The highest BCUT2D eigenvalue weighted by molar-refractivity contribution is 9.10. The first-order valence-electron chi connectivity index (χ1n) is 11.8. The van der Waals surface area contributed by atoms with Gasteiger partial charge in [0.25, 0.3) is 17.3 Å². The third-order valence-electron chi connectivity index (χ3n) is 6.09. The highest BCUT2D eigenvalue weighted by atomic mass is 79.9. The van der Waals surface area contributed by atoms with Gasteiger partial charge in [0.1, 0.15) is 5.69 Å². The van der Waals surface area contributed by atoms with Gasteiger partial charge in [-0.1, -0.05) is 30.3 Å². The first kappa shape index (κ1) is 26.7. The zero-order chi connectivity index (χ0) is 27.2. The molecule has 3 aromatic rings. The van der Waals surface area contributed by atoms with Crippen LogP contribution in [0.15, 0.2) is 71.2 Å². The Morgan fingerprint density at radius 2 is 1.63 bits per heavy atom. The molecule has 11 nitrogen and oxygen atoms in total. The molecule has 1 unspecified atom stereocenters. The quantitative estimate of drug-likeness (QED) is 0.199. The molecule has 0 bridgehead atoms. The van der Waals surface area contributed by atoms with Crippen LogP contribution in [0.25, 0.3) is 0 Å². The number of nitrogens with one attached hydrogen (secondary N) is 1. The van der Waals surface area contributed by atoms with E-state index in [9.17, 15) is 29.8 Å². The Morgan fingerprint density at radius 3 is 2.26 bits per heavy atom. The zero-order valence-electron chi connectivity index (χ0n) is 20.0. The third-order valence-corrected chi connectivity index (χ3v) is 6.75. The van der Waals surface area contributed by atoms with Gasteiger partial charge in [-0.05, 0) is 53.4 Å². The summed E-state index contributed by atoms with van der Waals surface area (Å²) in [5, 5.41) is 25.4. The summed E-state index contributed by atoms with van der Waals surface area (Å²) in [5.41, 5.74) is 0.594. The monoisotopic (exact) mass is 582 g/mol. The SMILES string of the molecule is O=C(OC(C(=O)Nc1ccc([N+](=O)[O-])cc1Br)c1ccccc1)c1ccc(N2CCCCC2)c([N+](=O)[O-])c1. The molecule has 0 saturated carbocycles. The van der Waals surface area contributed by atoms with E-state index < -0.39 is 27.8 Å². The number of nitro groups is 2. The van der Waals surface area contributed by atoms with E-state index in [1.807, 2.05) is 4.90 Å². The number of non-ortho nitro benzene ring substituents is 1. The second kappa shape index (κ2) is 11.8. The van der Waals surface area contributed by atoms with Crippen LogP contribution in [0.4, 0.5) is 22.7 Å². The molecule has 0 spiro atoms. The van der Waals surface area contributed by atoms with E-state index in [0.717, 1.165) is 19.3 Å². The number of esters is 1. The average Bonchev–Trinajstić information content (AvgIpc) is 2.93. The molecule has 1 aliphatic rings. The highest BCUT2D eigenvalue weighted by Crippen LogP contribution is 2.33. The molecular weight excluding hydrogens is 560 g/mol. The zero-order valence-corrected chi connectivity index (χ0v) is 21.6. The van der Waals surface area contributed by atoms with E-state index in [2.05, 4.69) is 21.2 Å². The molecule has 0 aromatic heterocycles. The summed E-state index contributed by atoms with van der Waals surface area (Å²) in [7, 11) is 0. The summed E-state index contributed by atoms with van der Waals surface area (Å²) in [4.78, 5) is 50.0. The number of carbonyl (C=O) groups excluding carboxylic acids is 2. The largest absolute Gasteiger partial charge is 0.444 e. The van der Waals surface area contributed by atoms with Crippen molar-refractivity contribution in [3.8, 4) is 0 Å². The maximum atomic E-state index is 13.2. The Hall–Kier alpha value is -4.32. The normalized spacial score (nSPS) is 13.9. The van der Waals surface area contributed by atoms with Crippen LogP contribution < -0.4 is 10.2 Å². The molecule has 3 aromatic carbocycles. The summed E-state index contributed by atoms with van der Waals surface area (Å²) in [6.07, 6.45) is 1.53. The van der Waals surface area contributed by atoms with Gasteiger partial charge in [-0.15, -0.1) is 0 Å². The van der Waals surface area contributed by atoms with Crippen molar-refractivity contribution in [2.75, 3.05) is 23.3 Å². The lowest BCUT2D eigenvalue weighted by Crippen LogP contribution is -2.30. The Balaban J connectivity index is 1.59. The number of carbonyl (C=O) groups is 2. The van der Waals surface area contributed by atoms with Crippen LogP contribution in [0, 0.1) is 20.2 Å². The second-order valence-corrected chi connectivity index (χ2v) is 9.47. The average molecular weight is 583 g/mol. The number of amides is 1. The molecule has 12 heteroatoms. The van der Waals surface area contributed by atoms with Crippen molar-refractivity contribution in [2.45, 2.75) is 25.4 Å². The van der Waals surface area contributed by atoms with Gasteiger partial charge in [0.15, 0.2) is 0 Å². The maximum absolute atomic E-state index is 13.2. The van der Waals surface area contributed by atoms with Crippen LogP contribution in [0.5, 0.6) is 0 Å². The van der Waals surface area contributed by atoms with Gasteiger partial charge >= 0.3 is 5.97 Å². The predicted molar refractivity (Wildman–Crippen MR) is 143 cm³/mol. The molecule has 1 saturated heterocycles. The molecule has 1 heterocycles. The first-order chi connectivity index (χ1) is 18.2. The molecule has 1 amide bonds. The van der Waals surface area contributed by atoms with Crippen molar-refractivity contribution in [3.05, 3.63) is 103 Å². The Bertz CT molecular complexity index is 1380. The summed E-state index contributed by atoms with van der Waals surface area (Å²) >= 11 is 3.20. The Morgan fingerprint density at radius 1 is 0.921 bits per heavy atom. The fourth-order valence-electron chi connectivity index (χ4n) is 4.19. The van der Waals surface area contributed by atoms with E-state index in [1.165, 1.54) is 36.4 Å². The molecule has 38 heavy (non-hydrogen) atoms. The number of benzene rings is 3. The van der Waals surface area contributed by atoms with Crippen molar-refractivity contribution in [2.24, 2.45) is 0 Å². The van der Waals surface area contributed by atoms with E-state index in [4.69, 9.17) is 4.74 Å². The van der Waals surface area contributed by atoms with Gasteiger partial charge in [0, 0.05) is 41.3 Å². The molecule has 1 fully saturated rings. The number of nitrogens with zero attached hydrogens (tertiary/aromatic N) is 3. The molecule has 1 N–H and O–H groups in total. The van der Waals surface area contributed by atoms with E-state index in [1.54, 1.807) is 30.3 Å². The third kappa shape index (κ3) is 6.14. The minimum Gasteiger partial charge on any atom is -0.444 e. The summed E-state index contributed by atoms with van der Waals surface area (Å²) in [6, 6.07) is 16.2. The minimum atomic E-state index is -1.40. The number of nitro benzene ring substituents is 2. The van der Waals surface area contributed by atoms with Gasteiger partial charge in [0.2, 0.25) is 6.10 Å². The molecule has 0 aliphatic carbocycles. The van der Waals surface area contributed by atoms with Crippen molar-refractivity contribution >= 4 is 50.6 Å². The van der Waals surface area contributed by atoms with E-state index >= 15 is 0 Å². The number of hydrogen-bond acceptors (Lipinski definition) is 8. The molecule has 196 valence electrons. The van der Waals surface area contributed by atoms with Crippen LogP contribution >= 0.6 is 15.9 Å². The number of anilines is 2. The van der Waals surface area contributed by atoms with Crippen molar-refractivity contribution in [1.82, 2.24) is 0 Å².